The first-order chi connectivity index (χ1) is 10.7. The Kier molecular flexibility index (Phi) is 7.04. The first kappa shape index (κ1) is 17.1. The molecule has 8 nitrogen and oxygen atoms in total. The summed E-state index contributed by atoms with van der Waals surface area (Å²) < 4.78 is 0. The molecule has 0 aromatic rings. The zero-order valence-electron chi connectivity index (χ0n) is 13.1. The van der Waals surface area contributed by atoms with Crippen molar-refractivity contribution in [1.82, 2.24) is 25.3 Å². The first-order valence-electron chi connectivity index (χ1n) is 8.04. The molecule has 2 aliphatic heterocycles. The smallest absolute Gasteiger partial charge is 0.311 e. The molecule has 0 bridgehead atoms. The molecule has 2 aliphatic rings. The second-order valence-electron chi connectivity index (χ2n) is 5.70. The lowest BCUT2D eigenvalue weighted by molar-refractivity contribution is -0.147. The summed E-state index contributed by atoms with van der Waals surface area (Å²) in [5.74, 6) is -0.949. The highest BCUT2D eigenvalue weighted by Gasteiger charge is 2.25. The Morgan fingerprint density at radius 1 is 0.955 bits per heavy atom. The van der Waals surface area contributed by atoms with Crippen LogP contribution in [0.1, 0.15) is 0 Å². The Hall–Kier alpha value is -1.22. The lowest BCUT2D eigenvalue weighted by atomic mass is 10.3. The van der Waals surface area contributed by atoms with E-state index < -0.39 is 11.8 Å². The van der Waals surface area contributed by atoms with E-state index in [1.165, 1.54) is 0 Å². The summed E-state index contributed by atoms with van der Waals surface area (Å²) in [7, 11) is 0. The van der Waals surface area contributed by atoms with Crippen LogP contribution in [-0.4, -0.2) is 110 Å². The summed E-state index contributed by atoms with van der Waals surface area (Å²) in [5, 5.41) is 14.9. The van der Waals surface area contributed by atoms with Gasteiger partial charge in [-0.1, -0.05) is 0 Å². The Labute approximate surface area is 131 Å². The van der Waals surface area contributed by atoms with Crippen molar-refractivity contribution in [2.75, 3.05) is 78.6 Å². The monoisotopic (exact) mass is 313 g/mol. The molecule has 126 valence electrons. The van der Waals surface area contributed by atoms with Crippen LogP contribution in [0.2, 0.25) is 0 Å². The highest BCUT2D eigenvalue weighted by Crippen LogP contribution is 2.01. The Bertz CT molecular complexity index is 365. The van der Waals surface area contributed by atoms with E-state index in [1.54, 1.807) is 4.90 Å². The van der Waals surface area contributed by atoms with Gasteiger partial charge in [-0.2, -0.15) is 0 Å². The number of aliphatic hydroxyl groups excluding tert-OH is 1. The largest absolute Gasteiger partial charge is 0.395 e. The molecule has 0 atom stereocenters. The molecule has 22 heavy (non-hydrogen) atoms. The molecule has 0 aromatic heterocycles. The van der Waals surface area contributed by atoms with Crippen LogP contribution in [0.5, 0.6) is 0 Å². The minimum Gasteiger partial charge on any atom is -0.395 e. The Morgan fingerprint density at radius 3 is 2.23 bits per heavy atom. The first-order valence-corrected chi connectivity index (χ1v) is 8.04. The number of carbonyl (C=O) groups excluding carboxylic acids is 2. The number of amides is 2. The van der Waals surface area contributed by atoms with E-state index in [4.69, 9.17) is 5.11 Å². The lowest BCUT2D eigenvalue weighted by Gasteiger charge is -2.34. The third-order valence-corrected chi connectivity index (χ3v) is 4.19. The number of piperazine rings is 2. The topological polar surface area (TPSA) is 88.2 Å². The number of rotatable bonds is 5. The van der Waals surface area contributed by atoms with Gasteiger partial charge in [-0.15, -0.1) is 0 Å². The van der Waals surface area contributed by atoms with Crippen LogP contribution in [0, 0.1) is 0 Å². The molecule has 0 unspecified atom stereocenters. The summed E-state index contributed by atoms with van der Waals surface area (Å²) in [4.78, 5) is 29.9. The second-order valence-corrected chi connectivity index (χ2v) is 5.70. The summed E-state index contributed by atoms with van der Waals surface area (Å²) in [6.45, 7) is 8.47. The van der Waals surface area contributed by atoms with E-state index >= 15 is 0 Å². The van der Waals surface area contributed by atoms with Gasteiger partial charge in [-0.25, -0.2) is 0 Å². The van der Waals surface area contributed by atoms with Crippen molar-refractivity contribution >= 4 is 11.8 Å². The fraction of sp³-hybridized carbons (Fsp3) is 0.857. The van der Waals surface area contributed by atoms with E-state index in [0.29, 0.717) is 39.3 Å². The van der Waals surface area contributed by atoms with Crippen LogP contribution >= 0.6 is 0 Å². The van der Waals surface area contributed by atoms with Crippen molar-refractivity contribution in [2.45, 2.75) is 0 Å². The zero-order chi connectivity index (χ0) is 15.8. The SMILES string of the molecule is O=C(NCCN1CCNCC1)C(=O)N1CCN(CCO)CC1. The van der Waals surface area contributed by atoms with Gasteiger partial charge < -0.3 is 20.6 Å². The van der Waals surface area contributed by atoms with Crippen LogP contribution in [-0.2, 0) is 9.59 Å². The van der Waals surface area contributed by atoms with Gasteiger partial charge in [0.2, 0.25) is 0 Å². The number of hydrogen-bond donors (Lipinski definition) is 3. The molecule has 8 heteroatoms. The fourth-order valence-corrected chi connectivity index (χ4v) is 2.80. The van der Waals surface area contributed by atoms with Crippen LogP contribution < -0.4 is 10.6 Å². The van der Waals surface area contributed by atoms with Gasteiger partial charge in [0, 0.05) is 72.0 Å². The van der Waals surface area contributed by atoms with Crippen LogP contribution in [0.15, 0.2) is 0 Å². The standard InChI is InChI=1S/C14H27N5O3/c20-12-11-18-7-9-19(10-8-18)14(22)13(21)16-3-6-17-4-1-15-2-5-17/h15,20H,1-12H2,(H,16,21). The summed E-state index contributed by atoms with van der Waals surface area (Å²) in [6, 6.07) is 0. The van der Waals surface area contributed by atoms with Crippen molar-refractivity contribution in [3.05, 3.63) is 0 Å². The number of aliphatic hydroxyl groups is 1. The number of carbonyl (C=O) groups is 2. The van der Waals surface area contributed by atoms with Gasteiger partial charge >= 0.3 is 11.8 Å². The molecule has 2 rings (SSSR count). The third-order valence-electron chi connectivity index (χ3n) is 4.19. The van der Waals surface area contributed by atoms with E-state index in [-0.39, 0.29) is 6.61 Å². The predicted octanol–water partition coefficient (Wildman–Crippen LogP) is -2.86. The maximum atomic E-state index is 12.1. The van der Waals surface area contributed by atoms with Gasteiger partial charge in [0.05, 0.1) is 6.61 Å². The molecule has 0 aromatic carbocycles. The lowest BCUT2D eigenvalue weighted by Crippen LogP contribution is -2.53. The Balaban J connectivity index is 1.63. The highest BCUT2D eigenvalue weighted by molar-refractivity contribution is 6.35. The maximum absolute atomic E-state index is 12.1. The quantitative estimate of drug-likeness (QED) is 0.474. The van der Waals surface area contributed by atoms with Crippen molar-refractivity contribution in [3.63, 3.8) is 0 Å². The average molecular weight is 313 g/mol. The van der Waals surface area contributed by atoms with Crippen LogP contribution in [0.25, 0.3) is 0 Å². The molecule has 2 amide bonds. The van der Waals surface area contributed by atoms with E-state index in [1.807, 2.05) is 0 Å². The molecule has 0 radical (unpaired) electrons. The maximum Gasteiger partial charge on any atom is 0.311 e. The average Bonchev–Trinajstić information content (AvgIpc) is 2.56. The van der Waals surface area contributed by atoms with Gasteiger partial charge in [-0.3, -0.25) is 19.4 Å². The fourth-order valence-electron chi connectivity index (χ4n) is 2.80. The van der Waals surface area contributed by atoms with Crippen molar-refractivity contribution in [1.29, 1.82) is 0 Å². The molecule has 0 saturated carbocycles. The summed E-state index contributed by atoms with van der Waals surface area (Å²) >= 11 is 0. The van der Waals surface area contributed by atoms with E-state index in [0.717, 1.165) is 32.7 Å². The zero-order valence-corrected chi connectivity index (χ0v) is 13.1. The van der Waals surface area contributed by atoms with Crippen LogP contribution in [0.4, 0.5) is 0 Å². The number of nitrogens with zero attached hydrogens (tertiary/aromatic N) is 3. The third kappa shape index (κ3) is 5.20. The number of β-amino-alcohol motifs (C(OH)–C–C–N with tert-alkyl or cyclic N) is 1. The molecule has 3 N–H and O–H groups in total. The summed E-state index contributed by atoms with van der Waals surface area (Å²) in [6.07, 6.45) is 0. The normalized spacial score (nSPS) is 20.9. The molecule has 2 heterocycles. The molecular weight excluding hydrogens is 286 g/mol. The minimum absolute atomic E-state index is 0.125. The minimum atomic E-state index is -0.509. The molecule has 2 fully saturated rings. The van der Waals surface area contributed by atoms with E-state index in [9.17, 15) is 9.59 Å². The van der Waals surface area contributed by atoms with Crippen molar-refractivity contribution in [2.24, 2.45) is 0 Å². The van der Waals surface area contributed by atoms with Crippen molar-refractivity contribution < 1.29 is 14.7 Å². The Morgan fingerprint density at radius 2 is 1.59 bits per heavy atom. The van der Waals surface area contributed by atoms with E-state index in [2.05, 4.69) is 20.4 Å². The highest BCUT2D eigenvalue weighted by atomic mass is 16.3. The second kappa shape index (κ2) is 9.04. The summed E-state index contributed by atoms with van der Waals surface area (Å²) in [5.41, 5.74) is 0. The van der Waals surface area contributed by atoms with Crippen molar-refractivity contribution in [3.8, 4) is 0 Å². The van der Waals surface area contributed by atoms with Gasteiger partial charge in [0.15, 0.2) is 0 Å². The number of nitrogens with one attached hydrogen (secondary N) is 2. The van der Waals surface area contributed by atoms with Gasteiger partial charge in [0.1, 0.15) is 0 Å². The van der Waals surface area contributed by atoms with Gasteiger partial charge in [0.25, 0.3) is 0 Å². The molecule has 0 spiro atoms. The predicted molar refractivity (Wildman–Crippen MR) is 82.4 cm³/mol. The molecule has 0 aliphatic carbocycles. The number of hydrogen-bond acceptors (Lipinski definition) is 6. The molecular formula is C14H27N5O3. The molecule has 2 saturated heterocycles. The van der Waals surface area contributed by atoms with Gasteiger partial charge in [-0.05, 0) is 0 Å². The van der Waals surface area contributed by atoms with Crippen LogP contribution in [0.3, 0.4) is 0 Å².